The zero-order chi connectivity index (χ0) is 11.0. The van der Waals surface area contributed by atoms with Gasteiger partial charge < -0.3 is 10.2 Å². The SMILES string of the molecule is C=CCN(CC=C)CC(O)CC(=O)O.Cl. The van der Waals surface area contributed by atoms with Gasteiger partial charge >= 0.3 is 5.97 Å². The van der Waals surface area contributed by atoms with Crippen LogP contribution in [0.3, 0.4) is 0 Å². The Morgan fingerprint density at radius 1 is 1.33 bits per heavy atom. The first-order chi connectivity index (χ1) is 6.60. The van der Waals surface area contributed by atoms with Crippen LogP contribution in [0.15, 0.2) is 25.3 Å². The highest BCUT2D eigenvalue weighted by molar-refractivity contribution is 5.85. The lowest BCUT2D eigenvalue weighted by atomic mass is 10.2. The summed E-state index contributed by atoms with van der Waals surface area (Å²) in [4.78, 5) is 12.2. The number of nitrogens with zero attached hydrogens (tertiary/aromatic N) is 1. The second kappa shape index (κ2) is 9.71. The van der Waals surface area contributed by atoms with Crippen molar-refractivity contribution in [3.63, 3.8) is 0 Å². The highest BCUT2D eigenvalue weighted by Crippen LogP contribution is 1.97. The molecule has 15 heavy (non-hydrogen) atoms. The minimum atomic E-state index is -0.991. The van der Waals surface area contributed by atoms with E-state index in [2.05, 4.69) is 13.2 Å². The standard InChI is InChI=1S/C10H17NO3.ClH/c1-3-5-11(6-4-2)8-9(12)7-10(13)14;/h3-4,9,12H,1-2,5-8H2,(H,13,14);1H. The fraction of sp³-hybridized carbons (Fsp3) is 0.500. The molecule has 1 atom stereocenters. The molecule has 0 spiro atoms. The van der Waals surface area contributed by atoms with Crippen molar-refractivity contribution in [2.75, 3.05) is 19.6 Å². The molecule has 0 saturated heterocycles. The van der Waals surface area contributed by atoms with Gasteiger partial charge in [0.05, 0.1) is 12.5 Å². The van der Waals surface area contributed by atoms with Crippen LogP contribution in [0.4, 0.5) is 0 Å². The maximum Gasteiger partial charge on any atom is 0.306 e. The molecule has 0 heterocycles. The van der Waals surface area contributed by atoms with Crippen LogP contribution in [0, 0.1) is 0 Å². The maximum atomic E-state index is 10.3. The predicted octanol–water partition coefficient (Wildman–Crippen LogP) is 0.918. The molecule has 0 fully saturated rings. The van der Waals surface area contributed by atoms with E-state index in [4.69, 9.17) is 5.11 Å². The van der Waals surface area contributed by atoms with E-state index < -0.39 is 12.1 Å². The van der Waals surface area contributed by atoms with Crippen molar-refractivity contribution in [2.45, 2.75) is 12.5 Å². The molecule has 88 valence electrons. The van der Waals surface area contributed by atoms with Crippen LogP contribution < -0.4 is 0 Å². The molecule has 0 aromatic heterocycles. The molecule has 0 saturated carbocycles. The zero-order valence-corrected chi connectivity index (χ0v) is 9.45. The van der Waals surface area contributed by atoms with Gasteiger partial charge in [0, 0.05) is 19.6 Å². The van der Waals surface area contributed by atoms with E-state index in [0.29, 0.717) is 19.6 Å². The molecular formula is C10H18ClNO3. The summed E-state index contributed by atoms with van der Waals surface area (Å²) in [5.74, 6) is -0.991. The molecule has 0 aliphatic carbocycles. The van der Waals surface area contributed by atoms with E-state index in [-0.39, 0.29) is 18.8 Å². The molecule has 2 N–H and O–H groups in total. The van der Waals surface area contributed by atoms with Crippen molar-refractivity contribution in [1.29, 1.82) is 0 Å². The molecule has 4 nitrogen and oxygen atoms in total. The molecule has 0 aliphatic heterocycles. The smallest absolute Gasteiger partial charge is 0.306 e. The summed E-state index contributed by atoms with van der Waals surface area (Å²) >= 11 is 0. The Bertz CT molecular complexity index is 199. The van der Waals surface area contributed by atoms with Crippen molar-refractivity contribution >= 4 is 18.4 Å². The van der Waals surface area contributed by atoms with Gasteiger partial charge in [0.25, 0.3) is 0 Å². The summed E-state index contributed by atoms with van der Waals surface area (Å²) < 4.78 is 0. The van der Waals surface area contributed by atoms with Crippen molar-refractivity contribution < 1.29 is 15.0 Å². The molecule has 0 radical (unpaired) electrons. The first-order valence-corrected chi connectivity index (χ1v) is 4.44. The Morgan fingerprint density at radius 3 is 2.13 bits per heavy atom. The quantitative estimate of drug-likeness (QED) is 0.615. The van der Waals surface area contributed by atoms with Gasteiger partial charge in [0.2, 0.25) is 0 Å². The van der Waals surface area contributed by atoms with Gasteiger partial charge in [0.1, 0.15) is 0 Å². The van der Waals surface area contributed by atoms with Gasteiger partial charge in [-0.05, 0) is 0 Å². The number of carboxylic acids is 1. The molecule has 0 aromatic carbocycles. The van der Waals surface area contributed by atoms with Gasteiger partial charge in [-0.1, -0.05) is 12.2 Å². The van der Waals surface area contributed by atoms with Gasteiger partial charge in [-0.15, -0.1) is 25.6 Å². The van der Waals surface area contributed by atoms with Crippen LogP contribution in [0.1, 0.15) is 6.42 Å². The number of aliphatic hydroxyl groups excluding tert-OH is 1. The minimum absolute atomic E-state index is 0. The van der Waals surface area contributed by atoms with E-state index >= 15 is 0 Å². The van der Waals surface area contributed by atoms with Crippen LogP contribution in [0.2, 0.25) is 0 Å². The van der Waals surface area contributed by atoms with Crippen molar-refractivity contribution in [3.05, 3.63) is 25.3 Å². The van der Waals surface area contributed by atoms with Crippen LogP contribution >= 0.6 is 12.4 Å². The number of carboxylic acid groups (broad SMARTS) is 1. The average molecular weight is 236 g/mol. The number of aliphatic hydroxyl groups is 1. The summed E-state index contributed by atoms with van der Waals surface area (Å²) in [7, 11) is 0. The Kier molecular flexibility index (Phi) is 10.7. The third-order valence-corrected chi connectivity index (χ3v) is 1.65. The summed E-state index contributed by atoms with van der Waals surface area (Å²) in [5, 5.41) is 17.8. The summed E-state index contributed by atoms with van der Waals surface area (Å²) in [6.45, 7) is 8.71. The average Bonchev–Trinajstić information content (AvgIpc) is 2.03. The molecule has 1 unspecified atom stereocenters. The van der Waals surface area contributed by atoms with E-state index in [9.17, 15) is 9.90 Å². The van der Waals surface area contributed by atoms with E-state index in [1.54, 1.807) is 12.2 Å². The van der Waals surface area contributed by atoms with E-state index in [1.807, 2.05) is 4.90 Å². The molecule has 0 aromatic rings. The number of aliphatic carboxylic acids is 1. The topological polar surface area (TPSA) is 60.8 Å². The Morgan fingerprint density at radius 2 is 1.80 bits per heavy atom. The summed E-state index contributed by atoms with van der Waals surface area (Å²) in [6, 6.07) is 0. The predicted molar refractivity (Wildman–Crippen MR) is 62.3 cm³/mol. The number of hydrogen-bond acceptors (Lipinski definition) is 3. The highest BCUT2D eigenvalue weighted by atomic mass is 35.5. The fourth-order valence-electron chi connectivity index (χ4n) is 1.15. The molecule has 0 amide bonds. The largest absolute Gasteiger partial charge is 0.481 e. The molecule has 0 rings (SSSR count). The third-order valence-electron chi connectivity index (χ3n) is 1.65. The minimum Gasteiger partial charge on any atom is -0.481 e. The zero-order valence-electron chi connectivity index (χ0n) is 8.63. The van der Waals surface area contributed by atoms with Crippen LogP contribution in [0.5, 0.6) is 0 Å². The van der Waals surface area contributed by atoms with Crippen LogP contribution in [0.25, 0.3) is 0 Å². The van der Waals surface area contributed by atoms with E-state index in [0.717, 1.165) is 0 Å². The highest BCUT2D eigenvalue weighted by Gasteiger charge is 2.12. The number of rotatable bonds is 8. The van der Waals surface area contributed by atoms with Crippen molar-refractivity contribution in [3.8, 4) is 0 Å². The summed E-state index contributed by atoms with van der Waals surface area (Å²) in [5.41, 5.74) is 0. The second-order valence-electron chi connectivity index (χ2n) is 3.05. The Balaban J connectivity index is 0. The molecular weight excluding hydrogens is 218 g/mol. The van der Waals surface area contributed by atoms with Crippen LogP contribution in [-0.4, -0.2) is 46.8 Å². The Labute approximate surface area is 96.3 Å². The van der Waals surface area contributed by atoms with Crippen molar-refractivity contribution in [2.24, 2.45) is 0 Å². The Hall–Kier alpha value is -0.840. The first-order valence-electron chi connectivity index (χ1n) is 4.44. The first kappa shape index (κ1) is 16.6. The van der Waals surface area contributed by atoms with Gasteiger partial charge in [-0.2, -0.15) is 0 Å². The van der Waals surface area contributed by atoms with Crippen LogP contribution in [-0.2, 0) is 4.79 Å². The number of hydrogen-bond donors (Lipinski definition) is 2. The molecule has 0 bridgehead atoms. The van der Waals surface area contributed by atoms with Gasteiger partial charge in [-0.3, -0.25) is 9.69 Å². The van der Waals surface area contributed by atoms with Gasteiger partial charge in [-0.25, -0.2) is 0 Å². The van der Waals surface area contributed by atoms with Crippen molar-refractivity contribution in [1.82, 2.24) is 4.90 Å². The molecule has 0 aliphatic rings. The maximum absolute atomic E-state index is 10.3. The lowest BCUT2D eigenvalue weighted by Crippen LogP contribution is -2.33. The second-order valence-corrected chi connectivity index (χ2v) is 3.05. The molecule has 5 heteroatoms. The lowest BCUT2D eigenvalue weighted by Gasteiger charge is -2.21. The van der Waals surface area contributed by atoms with E-state index in [1.165, 1.54) is 0 Å². The van der Waals surface area contributed by atoms with Gasteiger partial charge in [0.15, 0.2) is 0 Å². The normalized spacial score (nSPS) is 11.6. The fourth-order valence-corrected chi connectivity index (χ4v) is 1.15. The number of carbonyl (C=O) groups is 1. The monoisotopic (exact) mass is 235 g/mol. The lowest BCUT2D eigenvalue weighted by molar-refractivity contribution is -0.139. The summed E-state index contributed by atoms with van der Waals surface area (Å²) in [6.07, 6.45) is 2.34. The third kappa shape index (κ3) is 9.46. The number of halogens is 1.